The van der Waals surface area contributed by atoms with Gasteiger partial charge >= 0.3 is 12.1 Å². The summed E-state index contributed by atoms with van der Waals surface area (Å²) in [5.74, 6) is 0.158. The first-order valence-electron chi connectivity index (χ1n) is 15.0. The minimum absolute atomic E-state index is 0.181. The van der Waals surface area contributed by atoms with Gasteiger partial charge in [0.15, 0.2) is 0 Å². The Bertz CT molecular complexity index is 1360. The molecule has 1 N–H and O–H groups in total. The van der Waals surface area contributed by atoms with Gasteiger partial charge in [-0.1, -0.05) is 75.4 Å². The van der Waals surface area contributed by atoms with E-state index in [9.17, 15) is 22.8 Å². The number of aryl methyl sites for hydroxylation is 1. The second-order valence-corrected chi connectivity index (χ2v) is 11.4. The van der Waals surface area contributed by atoms with Crippen LogP contribution in [-0.4, -0.2) is 25.0 Å². The summed E-state index contributed by atoms with van der Waals surface area (Å²) < 4.78 is 50.6. The van der Waals surface area contributed by atoms with Gasteiger partial charge < -0.3 is 14.8 Å². The summed E-state index contributed by atoms with van der Waals surface area (Å²) >= 11 is 0. The molecule has 8 heteroatoms. The standard InChI is InChI=1S/C35H40F3NO4/c1-4-42-34(41)24(3)22-39-33(40)29-16-19-31(23(2)20-29)43-32(21-25-8-6-5-7-9-25)28-12-10-26(11-13-28)27-14-17-30(18-15-27)35(36,37)38/h10-20,24-25,32H,4-9,21-22H2,1-3H3,(H,39,40)/t24-,32+/m0/s1. The summed E-state index contributed by atoms with van der Waals surface area (Å²) in [6.07, 6.45) is 2.27. The molecule has 1 aliphatic rings. The van der Waals surface area contributed by atoms with E-state index in [1.807, 2.05) is 37.3 Å². The van der Waals surface area contributed by atoms with Gasteiger partial charge in [-0.25, -0.2) is 0 Å². The highest BCUT2D eigenvalue weighted by molar-refractivity contribution is 5.94. The molecule has 4 rings (SSSR count). The van der Waals surface area contributed by atoms with E-state index in [1.165, 1.54) is 31.4 Å². The average Bonchev–Trinajstić information content (AvgIpc) is 3.00. The lowest BCUT2D eigenvalue weighted by atomic mass is 9.84. The van der Waals surface area contributed by atoms with Crippen LogP contribution in [0.5, 0.6) is 5.75 Å². The van der Waals surface area contributed by atoms with E-state index in [2.05, 4.69) is 5.32 Å². The molecule has 1 amide bonds. The number of esters is 1. The van der Waals surface area contributed by atoms with E-state index >= 15 is 0 Å². The van der Waals surface area contributed by atoms with E-state index in [0.29, 0.717) is 29.4 Å². The van der Waals surface area contributed by atoms with Crippen molar-refractivity contribution in [1.82, 2.24) is 5.32 Å². The Morgan fingerprint density at radius 1 is 0.930 bits per heavy atom. The molecule has 0 saturated heterocycles. The van der Waals surface area contributed by atoms with E-state index in [4.69, 9.17) is 9.47 Å². The molecule has 0 spiro atoms. The molecule has 1 aliphatic carbocycles. The van der Waals surface area contributed by atoms with Crippen molar-refractivity contribution >= 4 is 11.9 Å². The monoisotopic (exact) mass is 595 g/mol. The molecule has 230 valence electrons. The maximum absolute atomic E-state index is 13.0. The first-order chi connectivity index (χ1) is 20.5. The summed E-state index contributed by atoms with van der Waals surface area (Å²) in [7, 11) is 0. The maximum atomic E-state index is 13.0. The molecule has 0 heterocycles. The number of rotatable bonds is 11. The quantitative estimate of drug-likeness (QED) is 0.225. The fraction of sp³-hybridized carbons (Fsp3) is 0.429. The van der Waals surface area contributed by atoms with Crippen molar-refractivity contribution in [2.75, 3.05) is 13.2 Å². The molecule has 2 atom stereocenters. The number of carbonyl (C=O) groups excluding carboxylic acids is 2. The Morgan fingerprint density at radius 3 is 2.14 bits per heavy atom. The topological polar surface area (TPSA) is 64.6 Å². The molecule has 1 saturated carbocycles. The zero-order chi connectivity index (χ0) is 31.0. The average molecular weight is 596 g/mol. The van der Waals surface area contributed by atoms with E-state index in [-0.39, 0.29) is 24.5 Å². The summed E-state index contributed by atoms with van der Waals surface area (Å²) in [6.45, 7) is 5.83. The van der Waals surface area contributed by atoms with Crippen molar-refractivity contribution in [1.29, 1.82) is 0 Å². The lowest BCUT2D eigenvalue weighted by molar-refractivity contribution is -0.147. The first-order valence-corrected chi connectivity index (χ1v) is 15.0. The number of carbonyl (C=O) groups is 2. The van der Waals surface area contributed by atoms with Crippen molar-refractivity contribution < 1.29 is 32.2 Å². The van der Waals surface area contributed by atoms with Gasteiger partial charge in [0.2, 0.25) is 0 Å². The van der Waals surface area contributed by atoms with Crippen LogP contribution >= 0.6 is 0 Å². The third-order valence-electron chi connectivity index (χ3n) is 8.06. The van der Waals surface area contributed by atoms with Crippen LogP contribution in [0.2, 0.25) is 0 Å². The van der Waals surface area contributed by atoms with Crippen LogP contribution in [0.3, 0.4) is 0 Å². The Balaban J connectivity index is 1.49. The predicted molar refractivity (Wildman–Crippen MR) is 161 cm³/mol. The molecule has 3 aromatic carbocycles. The van der Waals surface area contributed by atoms with Crippen LogP contribution in [0, 0.1) is 18.8 Å². The zero-order valence-corrected chi connectivity index (χ0v) is 25.0. The number of nitrogens with one attached hydrogen (secondary N) is 1. The smallest absolute Gasteiger partial charge is 0.416 e. The van der Waals surface area contributed by atoms with Crippen molar-refractivity contribution in [3.05, 3.63) is 89.0 Å². The molecule has 3 aromatic rings. The molecule has 0 aliphatic heterocycles. The Kier molecular flexibility index (Phi) is 10.9. The summed E-state index contributed by atoms with van der Waals surface area (Å²) in [5.41, 5.74) is 3.17. The van der Waals surface area contributed by atoms with Crippen LogP contribution in [-0.2, 0) is 15.7 Å². The van der Waals surface area contributed by atoms with Gasteiger partial charge in [-0.05, 0) is 78.8 Å². The fourth-order valence-corrected chi connectivity index (χ4v) is 5.51. The molecule has 0 bridgehead atoms. The second-order valence-electron chi connectivity index (χ2n) is 11.4. The number of benzene rings is 3. The van der Waals surface area contributed by atoms with Crippen LogP contribution in [0.1, 0.15) is 85.5 Å². The van der Waals surface area contributed by atoms with Gasteiger partial charge in [0.25, 0.3) is 5.91 Å². The van der Waals surface area contributed by atoms with Crippen molar-refractivity contribution in [2.24, 2.45) is 11.8 Å². The van der Waals surface area contributed by atoms with Gasteiger partial charge in [-0.3, -0.25) is 9.59 Å². The largest absolute Gasteiger partial charge is 0.485 e. The first kappa shape index (κ1) is 32.1. The van der Waals surface area contributed by atoms with Gasteiger partial charge in [-0.15, -0.1) is 0 Å². The molecule has 0 radical (unpaired) electrons. The van der Waals surface area contributed by atoms with Crippen LogP contribution in [0.15, 0.2) is 66.7 Å². The van der Waals surface area contributed by atoms with Crippen LogP contribution in [0.25, 0.3) is 11.1 Å². The van der Waals surface area contributed by atoms with Crippen molar-refractivity contribution in [3.8, 4) is 16.9 Å². The fourth-order valence-electron chi connectivity index (χ4n) is 5.51. The van der Waals surface area contributed by atoms with E-state index < -0.39 is 17.7 Å². The minimum Gasteiger partial charge on any atom is -0.485 e. The second kappa shape index (κ2) is 14.6. The Morgan fingerprint density at radius 2 is 1.56 bits per heavy atom. The van der Waals surface area contributed by atoms with Gasteiger partial charge in [-0.2, -0.15) is 13.2 Å². The normalized spacial score (nSPS) is 15.4. The number of amides is 1. The molecular formula is C35H40F3NO4. The number of halogens is 3. The third kappa shape index (κ3) is 8.85. The van der Waals surface area contributed by atoms with Gasteiger partial charge in [0, 0.05) is 12.1 Å². The molecule has 0 unspecified atom stereocenters. The van der Waals surface area contributed by atoms with Gasteiger partial charge in [0.1, 0.15) is 11.9 Å². The van der Waals surface area contributed by atoms with Gasteiger partial charge in [0.05, 0.1) is 18.1 Å². The predicted octanol–water partition coefficient (Wildman–Crippen LogP) is 8.70. The highest BCUT2D eigenvalue weighted by atomic mass is 19.4. The zero-order valence-electron chi connectivity index (χ0n) is 25.0. The number of hydrogen-bond donors (Lipinski definition) is 1. The molecule has 5 nitrogen and oxygen atoms in total. The maximum Gasteiger partial charge on any atom is 0.416 e. The highest BCUT2D eigenvalue weighted by Gasteiger charge is 2.30. The lowest BCUT2D eigenvalue weighted by Crippen LogP contribution is -2.32. The van der Waals surface area contributed by atoms with Crippen LogP contribution in [0.4, 0.5) is 13.2 Å². The molecule has 0 aromatic heterocycles. The summed E-state index contributed by atoms with van der Waals surface area (Å²) in [4.78, 5) is 24.6. The summed E-state index contributed by atoms with van der Waals surface area (Å²) in [6, 6.07) is 18.3. The van der Waals surface area contributed by atoms with Crippen LogP contribution < -0.4 is 10.1 Å². The number of alkyl halides is 3. The van der Waals surface area contributed by atoms with E-state index in [1.54, 1.807) is 26.0 Å². The third-order valence-corrected chi connectivity index (χ3v) is 8.06. The van der Waals surface area contributed by atoms with Crippen molar-refractivity contribution in [2.45, 2.75) is 71.6 Å². The Labute approximate surface area is 251 Å². The number of ether oxygens (including phenoxy) is 2. The molecule has 43 heavy (non-hydrogen) atoms. The highest BCUT2D eigenvalue weighted by Crippen LogP contribution is 2.37. The van der Waals surface area contributed by atoms with E-state index in [0.717, 1.165) is 48.1 Å². The Hall–Kier alpha value is -3.81. The SMILES string of the molecule is CCOC(=O)[C@@H](C)CNC(=O)c1ccc(O[C@H](CC2CCCCC2)c2ccc(-c3ccc(C(F)(F)F)cc3)cc2)c(C)c1. The molecule has 1 fully saturated rings. The number of hydrogen-bond acceptors (Lipinski definition) is 4. The minimum atomic E-state index is -4.37. The lowest BCUT2D eigenvalue weighted by Gasteiger charge is -2.28. The summed E-state index contributed by atoms with van der Waals surface area (Å²) in [5, 5.41) is 2.80. The van der Waals surface area contributed by atoms with Crippen molar-refractivity contribution in [3.63, 3.8) is 0 Å². The molecular weight excluding hydrogens is 555 g/mol.